The summed E-state index contributed by atoms with van der Waals surface area (Å²) in [5, 5.41) is 12.9. The molecule has 0 aliphatic heterocycles. The van der Waals surface area contributed by atoms with Crippen molar-refractivity contribution in [3.05, 3.63) is 71.3 Å². The van der Waals surface area contributed by atoms with Crippen LogP contribution in [0.1, 0.15) is 34.8 Å². The second-order valence-corrected chi connectivity index (χ2v) is 6.24. The molecular weight excluding hydrogens is 331 g/mol. The lowest BCUT2D eigenvalue weighted by Crippen LogP contribution is -2.41. The van der Waals surface area contributed by atoms with Crippen LogP contribution < -0.4 is 5.32 Å². The highest BCUT2D eigenvalue weighted by Gasteiger charge is 2.30. The lowest BCUT2D eigenvalue weighted by atomic mass is 9.96. The predicted octanol–water partition coefficient (Wildman–Crippen LogP) is 3.82. The number of aliphatic hydroxyl groups is 1. The van der Waals surface area contributed by atoms with Crippen molar-refractivity contribution < 1.29 is 23.1 Å². The van der Waals surface area contributed by atoms with Crippen molar-refractivity contribution in [3.8, 4) is 0 Å². The normalized spacial score (nSPS) is 14.0. The Morgan fingerprint density at radius 1 is 1.04 bits per heavy atom. The van der Waals surface area contributed by atoms with Gasteiger partial charge < -0.3 is 10.4 Å². The molecule has 1 atom stereocenters. The molecule has 0 spiro atoms. The largest absolute Gasteiger partial charge is 0.416 e. The van der Waals surface area contributed by atoms with Gasteiger partial charge in [-0.25, -0.2) is 0 Å². The zero-order valence-corrected chi connectivity index (χ0v) is 13.8. The Morgan fingerprint density at radius 2 is 1.64 bits per heavy atom. The number of hydrogen-bond acceptors (Lipinski definition) is 2. The molecule has 0 bridgehead atoms. The van der Waals surface area contributed by atoms with Crippen molar-refractivity contribution >= 4 is 5.91 Å². The second-order valence-electron chi connectivity index (χ2n) is 6.24. The summed E-state index contributed by atoms with van der Waals surface area (Å²) < 4.78 is 37.5. The summed E-state index contributed by atoms with van der Waals surface area (Å²) in [6.45, 7) is 1.63. The molecule has 2 rings (SSSR count). The maximum absolute atomic E-state index is 12.5. The Labute approximate surface area is 144 Å². The van der Waals surface area contributed by atoms with Gasteiger partial charge in [-0.1, -0.05) is 30.3 Å². The van der Waals surface area contributed by atoms with E-state index in [4.69, 9.17) is 0 Å². The van der Waals surface area contributed by atoms with Crippen LogP contribution in [0.5, 0.6) is 0 Å². The molecule has 0 heterocycles. The molecule has 0 aliphatic rings. The SMILES string of the molecule is C[C@](O)(CCc1ccccc1)CNC(=O)c1ccc(C(F)(F)F)cc1. The molecule has 2 aromatic carbocycles. The molecule has 0 unspecified atom stereocenters. The number of alkyl halides is 3. The Bertz CT molecular complexity index is 695. The molecule has 2 N–H and O–H groups in total. The van der Waals surface area contributed by atoms with Gasteiger partial charge in [-0.05, 0) is 49.6 Å². The number of carbonyl (C=O) groups is 1. The summed E-state index contributed by atoms with van der Waals surface area (Å²) in [5.74, 6) is -0.520. The monoisotopic (exact) mass is 351 g/mol. The average molecular weight is 351 g/mol. The Hall–Kier alpha value is -2.34. The maximum atomic E-state index is 12.5. The van der Waals surface area contributed by atoms with Crippen molar-refractivity contribution in [1.29, 1.82) is 0 Å². The van der Waals surface area contributed by atoms with Gasteiger partial charge in [-0.2, -0.15) is 13.2 Å². The Kier molecular flexibility index (Phi) is 5.85. The number of amides is 1. The fourth-order valence-corrected chi connectivity index (χ4v) is 2.33. The molecule has 1 amide bonds. The first-order valence-electron chi connectivity index (χ1n) is 7.89. The minimum Gasteiger partial charge on any atom is -0.388 e. The summed E-state index contributed by atoms with van der Waals surface area (Å²) >= 11 is 0. The van der Waals surface area contributed by atoms with E-state index in [-0.39, 0.29) is 12.1 Å². The smallest absolute Gasteiger partial charge is 0.388 e. The van der Waals surface area contributed by atoms with Crippen LogP contribution in [0.25, 0.3) is 0 Å². The van der Waals surface area contributed by atoms with Crippen molar-refractivity contribution in [3.63, 3.8) is 0 Å². The molecule has 0 radical (unpaired) electrons. The van der Waals surface area contributed by atoms with Crippen molar-refractivity contribution in [2.75, 3.05) is 6.54 Å². The van der Waals surface area contributed by atoms with Gasteiger partial charge in [0.15, 0.2) is 0 Å². The summed E-state index contributed by atoms with van der Waals surface area (Å²) in [7, 11) is 0. The van der Waals surface area contributed by atoms with Crippen LogP contribution in [0, 0.1) is 0 Å². The zero-order chi connectivity index (χ0) is 18.5. The fraction of sp³-hybridized carbons (Fsp3) is 0.316. The van der Waals surface area contributed by atoms with Crippen molar-refractivity contribution in [2.45, 2.75) is 31.5 Å². The number of carbonyl (C=O) groups excluding carboxylic acids is 1. The highest BCUT2D eigenvalue weighted by molar-refractivity contribution is 5.94. The third-order valence-corrected chi connectivity index (χ3v) is 3.90. The molecule has 25 heavy (non-hydrogen) atoms. The van der Waals surface area contributed by atoms with Crippen LogP contribution in [0.15, 0.2) is 54.6 Å². The van der Waals surface area contributed by atoms with E-state index in [9.17, 15) is 23.1 Å². The van der Waals surface area contributed by atoms with Gasteiger partial charge in [0.05, 0.1) is 11.2 Å². The first-order valence-corrected chi connectivity index (χ1v) is 7.89. The van der Waals surface area contributed by atoms with Crippen LogP contribution in [-0.4, -0.2) is 23.2 Å². The molecular formula is C19H20F3NO2. The van der Waals surface area contributed by atoms with Gasteiger partial charge in [-0.3, -0.25) is 4.79 Å². The number of benzene rings is 2. The van der Waals surface area contributed by atoms with Crippen molar-refractivity contribution in [1.82, 2.24) is 5.32 Å². The van der Waals surface area contributed by atoms with Gasteiger partial charge in [0.1, 0.15) is 0 Å². The first-order chi connectivity index (χ1) is 11.7. The van der Waals surface area contributed by atoms with E-state index in [1.54, 1.807) is 6.92 Å². The Balaban J connectivity index is 1.87. The van der Waals surface area contributed by atoms with Gasteiger partial charge in [-0.15, -0.1) is 0 Å². The molecule has 2 aromatic rings. The van der Waals surface area contributed by atoms with Crippen LogP contribution >= 0.6 is 0 Å². The number of aryl methyl sites for hydroxylation is 1. The lowest BCUT2D eigenvalue weighted by Gasteiger charge is -2.23. The summed E-state index contributed by atoms with van der Waals surface area (Å²) in [6.07, 6.45) is -3.33. The topological polar surface area (TPSA) is 49.3 Å². The molecule has 0 saturated carbocycles. The number of nitrogens with one attached hydrogen (secondary N) is 1. The van der Waals surface area contributed by atoms with Crippen molar-refractivity contribution in [2.24, 2.45) is 0 Å². The standard InChI is InChI=1S/C19H20F3NO2/c1-18(25,12-11-14-5-3-2-4-6-14)13-23-17(24)15-7-9-16(10-8-15)19(20,21)22/h2-10,25H,11-13H2,1H3,(H,23,24)/t18-/m0/s1. The van der Waals surface area contributed by atoms with Gasteiger partial charge >= 0.3 is 6.18 Å². The summed E-state index contributed by atoms with van der Waals surface area (Å²) in [4.78, 5) is 12.0. The third kappa shape index (κ3) is 5.90. The molecule has 134 valence electrons. The van der Waals surface area contributed by atoms with Gasteiger partial charge in [0.2, 0.25) is 0 Å². The van der Waals surface area contributed by atoms with E-state index in [1.807, 2.05) is 30.3 Å². The van der Waals surface area contributed by atoms with E-state index in [1.165, 1.54) is 0 Å². The van der Waals surface area contributed by atoms with Gasteiger partial charge in [0.25, 0.3) is 5.91 Å². The number of hydrogen-bond donors (Lipinski definition) is 2. The summed E-state index contributed by atoms with van der Waals surface area (Å²) in [6, 6.07) is 13.6. The fourth-order valence-electron chi connectivity index (χ4n) is 2.33. The van der Waals surface area contributed by atoms with Gasteiger partial charge in [0, 0.05) is 12.1 Å². The zero-order valence-electron chi connectivity index (χ0n) is 13.8. The minimum absolute atomic E-state index is 0.0136. The van der Waals surface area contributed by atoms with E-state index in [2.05, 4.69) is 5.32 Å². The highest BCUT2D eigenvalue weighted by atomic mass is 19.4. The predicted molar refractivity (Wildman–Crippen MR) is 89.2 cm³/mol. The lowest BCUT2D eigenvalue weighted by molar-refractivity contribution is -0.137. The van der Waals surface area contributed by atoms with Crippen LogP contribution in [0.3, 0.4) is 0 Å². The Morgan fingerprint density at radius 3 is 2.20 bits per heavy atom. The molecule has 3 nitrogen and oxygen atoms in total. The van der Waals surface area contributed by atoms with Crippen LogP contribution in [0.2, 0.25) is 0 Å². The molecule has 0 aromatic heterocycles. The number of rotatable bonds is 6. The highest BCUT2D eigenvalue weighted by Crippen LogP contribution is 2.29. The van der Waals surface area contributed by atoms with Crippen LogP contribution in [0.4, 0.5) is 13.2 Å². The van der Waals surface area contributed by atoms with Crippen LogP contribution in [-0.2, 0) is 12.6 Å². The molecule has 0 fully saturated rings. The molecule has 0 aliphatic carbocycles. The number of halogens is 3. The van der Waals surface area contributed by atoms with E-state index >= 15 is 0 Å². The third-order valence-electron chi connectivity index (χ3n) is 3.90. The van der Waals surface area contributed by atoms with E-state index < -0.39 is 23.2 Å². The quantitative estimate of drug-likeness (QED) is 0.831. The molecule has 6 heteroatoms. The maximum Gasteiger partial charge on any atom is 0.416 e. The molecule has 0 saturated heterocycles. The minimum atomic E-state index is -4.43. The first kappa shape index (κ1) is 19.0. The van der Waals surface area contributed by atoms with E-state index in [0.717, 1.165) is 29.8 Å². The average Bonchev–Trinajstić information content (AvgIpc) is 2.58. The summed E-state index contributed by atoms with van der Waals surface area (Å²) in [5.41, 5.74) is -0.722. The second kappa shape index (κ2) is 7.70. The van der Waals surface area contributed by atoms with E-state index in [0.29, 0.717) is 12.8 Å².